The van der Waals surface area contributed by atoms with Crippen LogP contribution in [-0.4, -0.2) is 18.0 Å². The number of anilines is 1. The van der Waals surface area contributed by atoms with Gasteiger partial charge in [-0.3, -0.25) is 4.79 Å². The van der Waals surface area contributed by atoms with Gasteiger partial charge in [-0.25, -0.2) is 13.6 Å². The lowest BCUT2D eigenvalue weighted by Crippen LogP contribution is -2.30. The SMILES string of the molecule is Cc1ccc(NC(=O)[C@@H](C)OC(=O)c2c(F)cccc2F)cc1. The summed E-state index contributed by atoms with van der Waals surface area (Å²) in [6.07, 6.45) is -1.21. The minimum atomic E-state index is -1.23. The van der Waals surface area contributed by atoms with E-state index in [0.717, 1.165) is 23.8 Å². The summed E-state index contributed by atoms with van der Waals surface area (Å²) in [7, 11) is 0. The highest BCUT2D eigenvalue weighted by Crippen LogP contribution is 2.15. The van der Waals surface area contributed by atoms with Crippen LogP contribution in [0.4, 0.5) is 14.5 Å². The topological polar surface area (TPSA) is 55.4 Å². The number of carbonyl (C=O) groups is 2. The Hall–Kier alpha value is -2.76. The first kappa shape index (κ1) is 16.6. The van der Waals surface area contributed by atoms with Crippen LogP contribution in [0, 0.1) is 18.6 Å². The zero-order valence-corrected chi connectivity index (χ0v) is 12.6. The predicted molar refractivity (Wildman–Crippen MR) is 81.0 cm³/mol. The van der Waals surface area contributed by atoms with Crippen LogP contribution in [0.3, 0.4) is 0 Å². The van der Waals surface area contributed by atoms with E-state index >= 15 is 0 Å². The normalized spacial score (nSPS) is 11.7. The van der Waals surface area contributed by atoms with Gasteiger partial charge in [0.05, 0.1) is 0 Å². The van der Waals surface area contributed by atoms with Crippen molar-refractivity contribution in [1.82, 2.24) is 0 Å². The Morgan fingerprint density at radius 2 is 1.61 bits per heavy atom. The summed E-state index contributed by atoms with van der Waals surface area (Å²) in [4.78, 5) is 23.8. The lowest BCUT2D eigenvalue weighted by Gasteiger charge is -2.14. The van der Waals surface area contributed by atoms with Crippen molar-refractivity contribution in [2.24, 2.45) is 0 Å². The first-order valence-corrected chi connectivity index (χ1v) is 6.91. The first-order chi connectivity index (χ1) is 10.9. The molecule has 0 radical (unpaired) electrons. The Kier molecular flexibility index (Phi) is 5.05. The molecule has 0 aliphatic carbocycles. The minimum Gasteiger partial charge on any atom is -0.449 e. The largest absolute Gasteiger partial charge is 0.449 e. The number of hydrogen-bond donors (Lipinski definition) is 1. The second-order valence-corrected chi connectivity index (χ2v) is 5.00. The smallest absolute Gasteiger partial charge is 0.344 e. The fourth-order valence-corrected chi connectivity index (χ4v) is 1.85. The highest BCUT2D eigenvalue weighted by Gasteiger charge is 2.24. The molecule has 4 nitrogen and oxygen atoms in total. The average molecular weight is 319 g/mol. The van der Waals surface area contributed by atoms with Crippen molar-refractivity contribution in [2.45, 2.75) is 20.0 Å². The van der Waals surface area contributed by atoms with E-state index in [1.54, 1.807) is 24.3 Å². The molecule has 6 heteroatoms. The van der Waals surface area contributed by atoms with Crippen LogP contribution in [0.25, 0.3) is 0 Å². The summed E-state index contributed by atoms with van der Waals surface area (Å²) in [6.45, 7) is 3.22. The van der Waals surface area contributed by atoms with E-state index in [4.69, 9.17) is 4.74 Å². The number of halogens is 2. The van der Waals surface area contributed by atoms with Crippen molar-refractivity contribution in [3.05, 3.63) is 65.2 Å². The van der Waals surface area contributed by atoms with Crippen molar-refractivity contribution in [2.75, 3.05) is 5.32 Å². The maximum Gasteiger partial charge on any atom is 0.344 e. The van der Waals surface area contributed by atoms with Crippen LogP contribution in [0.2, 0.25) is 0 Å². The van der Waals surface area contributed by atoms with Crippen LogP contribution in [0.1, 0.15) is 22.8 Å². The van der Waals surface area contributed by atoms with Gasteiger partial charge in [0.15, 0.2) is 6.10 Å². The molecule has 0 spiro atoms. The van der Waals surface area contributed by atoms with Crippen LogP contribution in [0.5, 0.6) is 0 Å². The molecule has 1 atom stereocenters. The number of rotatable bonds is 4. The highest BCUT2D eigenvalue weighted by atomic mass is 19.1. The predicted octanol–water partition coefficient (Wildman–Crippen LogP) is 3.46. The zero-order valence-electron chi connectivity index (χ0n) is 12.6. The third-order valence-corrected chi connectivity index (χ3v) is 3.14. The number of hydrogen-bond acceptors (Lipinski definition) is 3. The summed E-state index contributed by atoms with van der Waals surface area (Å²) in [5.74, 6) is -3.91. The second-order valence-electron chi connectivity index (χ2n) is 5.00. The molecule has 0 aromatic heterocycles. The maximum absolute atomic E-state index is 13.5. The molecular weight excluding hydrogens is 304 g/mol. The number of nitrogens with one attached hydrogen (secondary N) is 1. The van der Waals surface area contributed by atoms with Crippen molar-refractivity contribution < 1.29 is 23.1 Å². The van der Waals surface area contributed by atoms with E-state index in [2.05, 4.69) is 5.32 Å². The molecule has 0 aliphatic heterocycles. The molecule has 23 heavy (non-hydrogen) atoms. The van der Waals surface area contributed by atoms with Gasteiger partial charge in [0.1, 0.15) is 17.2 Å². The van der Waals surface area contributed by atoms with Gasteiger partial charge in [-0.1, -0.05) is 23.8 Å². The molecule has 1 amide bonds. The Balaban J connectivity index is 2.03. The lowest BCUT2D eigenvalue weighted by atomic mass is 10.2. The van der Waals surface area contributed by atoms with Crippen molar-refractivity contribution in [3.63, 3.8) is 0 Å². The summed E-state index contributed by atoms with van der Waals surface area (Å²) in [5.41, 5.74) is 0.737. The van der Waals surface area contributed by atoms with Gasteiger partial charge in [0, 0.05) is 5.69 Å². The van der Waals surface area contributed by atoms with Crippen LogP contribution >= 0.6 is 0 Å². The molecular formula is C17H15F2NO3. The third kappa shape index (κ3) is 4.12. The van der Waals surface area contributed by atoms with E-state index in [9.17, 15) is 18.4 Å². The molecule has 0 saturated carbocycles. The second kappa shape index (κ2) is 7.00. The Morgan fingerprint density at radius 3 is 2.17 bits per heavy atom. The zero-order chi connectivity index (χ0) is 17.0. The molecule has 0 aliphatic rings. The Bertz CT molecular complexity index is 709. The summed E-state index contributed by atoms with van der Waals surface area (Å²) >= 11 is 0. The number of esters is 1. The molecule has 120 valence electrons. The van der Waals surface area contributed by atoms with Gasteiger partial charge < -0.3 is 10.1 Å². The number of ether oxygens (including phenoxy) is 1. The van der Waals surface area contributed by atoms with Gasteiger partial charge in [-0.2, -0.15) is 0 Å². The molecule has 2 rings (SSSR count). The highest BCUT2D eigenvalue weighted by molar-refractivity contribution is 5.97. The van der Waals surface area contributed by atoms with Gasteiger partial charge in [-0.15, -0.1) is 0 Å². The minimum absolute atomic E-state index is 0.528. The first-order valence-electron chi connectivity index (χ1n) is 6.91. The fourth-order valence-electron chi connectivity index (χ4n) is 1.85. The third-order valence-electron chi connectivity index (χ3n) is 3.14. The van der Waals surface area contributed by atoms with Gasteiger partial charge in [0.2, 0.25) is 0 Å². The molecule has 0 fully saturated rings. The summed E-state index contributed by atoms with van der Waals surface area (Å²) < 4.78 is 31.8. The number of carbonyl (C=O) groups excluding carboxylic acids is 2. The molecule has 0 unspecified atom stereocenters. The summed E-state index contributed by atoms with van der Waals surface area (Å²) in [6, 6.07) is 10.0. The molecule has 1 N–H and O–H groups in total. The molecule has 0 heterocycles. The van der Waals surface area contributed by atoms with E-state index < -0.39 is 35.2 Å². The molecule has 0 bridgehead atoms. The molecule has 2 aromatic carbocycles. The maximum atomic E-state index is 13.5. The van der Waals surface area contributed by atoms with E-state index in [1.807, 2.05) is 6.92 Å². The lowest BCUT2D eigenvalue weighted by molar-refractivity contribution is -0.123. The van der Waals surface area contributed by atoms with Crippen molar-refractivity contribution in [1.29, 1.82) is 0 Å². The Labute approximate surface area is 132 Å². The summed E-state index contributed by atoms with van der Waals surface area (Å²) in [5, 5.41) is 2.55. The Morgan fingerprint density at radius 1 is 1.04 bits per heavy atom. The van der Waals surface area contributed by atoms with Gasteiger partial charge in [-0.05, 0) is 38.1 Å². The number of amides is 1. The average Bonchev–Trinajstić information content (AvgIpc) is 2.49. The number of aryl methyl sites for hydroxylation is 1. The standard InChI is InChI=1S/C17H15F2NO3/c1-10-6-8-12(9-7-10)20-16(21)11(2)23-17(22)15-13(18)4-3-5-14(15)19/h3-9,11H,1-2H3,(H,20,21)/t11-/m1/s1. The fraction of sp³-hybridized carbons (Fsp3) is 0.176. The quantitative estimate of drug-likeness (QED) is 0.878. The van der Waals surface area contributed by atoms with Crippen molar-refractivity contribution in [3.8, 4) is 0 Å². The van der Waals surface area contributed by atoms with Crippen LogP contribution in [-0.2, 0) is 9.53 Å². The van der Waals surface area contributed by atoms with Crippen LogP contribution < -0.4 is 5.32 Å². The van der Waals surface area contributed by atoms with E-state index in [0.29, 0.717) is 5.69 Å². The van der Waals surface area contributed by atoms with Crippen molar-refractivity contribution >= 4 is 17.6 Å². The molecule has 2 aromatic rings. The van der Waals surface area contributed by atoms with E-state index in [1.165, 1.54) is 6.92 Å². The van der Waals surface area contributed by atoms with E-state index in [-0.39, 0.29) is 0 Å². The van der Waals surface area contributed by atoms with Crippen LogP contribution in [0.15, 0.2) is 42.5 Å². The van der Waals surface area contributed by atoms with Gasteiger partial charge >= 0.3 is 5.97 Å². The van der Waals surface area contributed by atoms with Gasteiger partial charge in [0.25, 0.3) is 5.91 Å². The molecule has 0 saturated heterocycles. The number of benzene rings is 2. The monoisotopic (exact) mass is 319 g/mol.